The molecule has 0 saturated carbocycles. The van der Waals surface area contributed by atoms with Gasteiger partial charge in [0.2, 0.25) is 0 Å². The lowest BCUT2D eigenvalue weighted by Crippen LogP contribution is -2.37. The highest BCUT2D eigenvalue weighted by molar-refractivity contribution is 8.44. The standard InChI is InChI=1S/3C21H25BF2N9O8P2S/c3*22-42(34)36-3-9-16(12(24)21(38-9)33-7-31-14-17(26)28-5-29-19(14)33)41-43(35,44)37-4-10-15(40-42)11(23)20(39-10)32-6-30-13-8(25)1-2-27-18(13)32/h3*1-2,5-7,9-12,15-16,20-21H,3-4H2,22H3,(H2,25,27)(H,35,44)(H2,26,28,29)/q3*-1/t2*9-,10?,11-,12-,15-,16-,20-,21-,42+,43?;9-,10?,11-,12-,15-,16-,20-,21-,42-,43?/m111/s1. The monoisotopic (exact) mass is 2020 g/mol. The van der Waals surface area contributed by atoms with E-state index in [0.29, 0.717) is 33.6 Å². The molecule has 0 radical (unpaired) electrons. The van der Waals surface area contributed by atoms with Crippen molar-refractivity contribution in [2.24, 2.45) is 0 Å². The molecule has 21 rings (SSSR count). The van der Waals surface area contributed by atoms with Gasteiger partial charge in [-0.05, 0) is 41.8 Å². The number of aromatic nitrogens is 21. The number of hydrogen-bond donors (Lipinski definition) is 9. The van der Waals surface area contributed by atoms with Crippen molar-refractivity contribution in [1.29, 1.82) is 0 Å². The van der Waals surface area contributed by atoms with Gasteiger partial charge in [-0.3, -0.25) is 45.5 Å². The summed E-state index contributed by atoms with van der Waals surface area (Å²) >= 11 is 14.4. The predicted octanol–water partition coefficient (Wildman–Crippen LogP) is 2.06. The van der Waals surface area contributed by atoms with Gasteiger partial charge in [0.05, 0.1) is 117 Å². The number of thiol groups is 1. The molecule has 51 nitrogen and oxygen atoms in total. The van der Waals surface area contributed by atoms with Gasteiger partial charge in [0.25, 0.3) is 0 Å². The van der Waals surface area contributed by atoms with Crippen molar-refractivity contribution in [1.82, 2.24) is 102 Å². The van der Waals surface area contributed by atoms with Gasteiger partial charge in [0, 0.05) is 18.6 Å². The van der Waals surface area contributed by atoms with Gasteiger partial charge in [-0.15, -0.1) is 0 Å². The molecule has 69 heteroatoms. The molecule has 132 heavy (non-hydrogen) atoms. The minimum atomic E-state index is -4.34. The van der Waals surface area contributed by atoms with Gasteiger partial charge in [-0.2, -0.15) is 0 Å². The highest BCUT2D eigenvalue weighted by Crippen LogP contribution is 2.61. The number of nitrogens with zero attached hydrogens (tertiary/aromatic N) is 21. The maximum absolute atomic E-state index is 16.0. The van der Waals surface area contributed by atoms with Gasteiger partial charge in [-0.1, -0.05) is 12.2 Å². The summed E-state index contributed by atoms with van der Waals surface area (Å²) in [4.78, 5) is 83.4. The van der Waals surface area contributed by atoms with Crippen LogP contribution >= 0.6 is 54.9 Å². The summed E-state index contributed by atoms with van der Waals surface area (Å²) in [5, 5.41) is 0. The molecule has 708 valence electrons. The van der Waals surface area contributed by atoms with Crippen molar-refractivity contribution in [2.75, 3.05) is 74.0 Å². The van der Waals surface area contributed by atoms with Crippen LogP contribution < -0.4 is 34.4 Å². The lowest BCUT2D eigenvalue weighted by Gasteiger charge is -2.31. The molecule has 12 aromatic heterocycles. The van der Waals surface area contributed by atoms with Gasteiger partial charge >= 0.3 is 20.2 Å². The van der Waals surface area contributed by atoms with E-state index in [2.05, 4.69) is 87.0 Å². The highest BCUT2D eigenvalue weighted by Gasteiger charge is 2.59. The van der Waals surface area contributed by atoms with Crippen LogP contribution in [0.3, 0.4) is 0 Å². The molecular formula is C63H75B3F6N27O24P6S3-3. The van der Waals surface area contributed by atoms with Gasteiger partial charge in [0.15, 0.2) is 126 Å². The molecule has 0 aromatic carbocycles. The Hall–Kier alpha value is -8.15. The number of fused-ring (bicyclic) bond motifs is 12. The molecule has 9 saturated heterocycles. The first kappa shape index (κ1) is 92.9. The van der Waals surface area contributed by atoms with Crippen LogP contribution in [0.2, 0.25) is 0 Å². The van der Waals surface area contributed by atoms with E-state index < -0.39 is 253 Å². The zero-order valence-electron chi connectivity index (χ0n) is 64.7. The first-order valence-electron chi connectivity index (χ1n) is 37.9. The van der Waals surface area contributed by atoms with E-state index in [-0.39, 0.29) is 67.9 Å². The number of alkyl halides is 6. The second-order valence-corrected chi connectivity index (χ2v) is 40.5. The van der Waals surface area contributed by atoms with Crippen molar-refractivity contribution in [3.8, 4) is 0 Å². The van der Waals surface area contributed by atoms with Crippen LogP contribution in [0.1, 0.15) is 37.4 Å². The lowest BCUT2D eigenvalue weighted by molar-refractivity contribution is -0.0566. The largest absolute Gasteiger partial charge is 0.397 e. The fourth-order valence-electron chi connectivity index (χ4n) is 15.5. The minimum Gasteiger partial charge on any atom is -0.397 e. The highest BCUT2D eigenvalue weighted by atomic mass is 32.7. The molecular weight excluding hydrogens is 1950 g/mol. The van der Waals surface area contributed by atoms with E-state index in [1.165, 1.54) is 103 Å². The normalized spacial score (nSPS) is 38.3. The third-order valence-electron chi connectivity index (χ3n) is 21.5. The summed E-state index contributed by atoms with van der Waals surface area (Å²) in [5.41, 5.74) is 39.3. The number of hydrogen-bond acceptors (Lipinski definition) is 45. The van der Waals surface area contributed by atoms with Crippen molar-refractivity contribution in [3.63, 3.8) is 0 Å². The van der Waals surface area contributed by atoms with Crippen molar-refractivity contribution >= 4 is 203 Å². The fourth-order valence-corrected chi connectivity index (χ4v) is 22.2. The van der Waals surface area contributed by atoms with Gasteiger partial charge < -0.3 is 122 Å². The summed E-state index contributed by atoms with van der Waals surface area (Å²) in [5.74, 6) is 0.226. The van der Waals surface area contributed by atoms with Crippen LogP contribution in [-0.4, -0.2) is 285 Å². The van der Waals surface area contributed by atoms with E-state index >= 15 is 26.3 Å². The van der Waals surface area contributed by atoms with E-state index in [1.807, 2.05) is 0 Å². The minimum absolute atomic E-state index is 0.0716. The molecule has 14 N–H and O–H groups in total. The number of anilines is 6. The molecule has 0 spiro atoms. The third kappa shape index (κ3) is 17.8. The second-order valence-electron chi connectivity index (χ2n) is 29.2. The summed E-state index contributed by atoms with van der Waals surface area (Å²) in [6.45, 7) is -15.9. The molecule has 0 aliphatic carbocycles. The number of nitrogens with two attached hydrogens (primary N) is 6. The molecule has 30 atom stereocenters. The third-order valence-corrected chi connectivity index (χ3v) is 28.6. The van der Waals surface area contributed by atoms with Gasteiger partial charge in [-0.25, -0.2) is 106 Å². The Morgan fingerprint density at radius 1 is 0.326 bits per heavy atom. The Morgan fingerprint density at radius 3 is 0.811 bits per heavy atom. The summed E-state index contributed by atoms with van der Waals surface area (Å²) in [7, 11) is -15.1. The molecule has 0 amide bonds. The Labute approximate surface area is 753 Å². The summed E-state index contributed by atoms with van der Waals surface area (Å²) in [6.07, 6.45) is -20.6. The topological polar surface area (TPSA) is 654 Å². The SMILES string of the molecule is [BH3-][P@@]1(=O)OC[C@H]2O[C@@H](n3cnc4c(N)ncnc43)[C@H](F)[C@@H]2OP(O)(=S)OCC2O[C@@H](n3cnc4c(N)ccnc43)[C@H](F)[C@@H]2O1.[BH3-][P@]1(=O)OC[C@H]2O[C@@H](n3cnc4c(N)ncnc43)[C@H](F)[C@@H]2OP(=O)(S)OCC2O[C@@H](n3cnc4c(N)ccnc43)[C@H](F)[C@@H]2O1.[BH3-][P@]1(=O)OC[C@H]2O[C@@H](n3cnc4c(N)ncnc43)[C@H](F)[C@@H]2OP(O)(=S)OCC2O[C@@H](n3cnc4c(N)ccnc43)[C@H](F)[C@@H]2O1. The number of nitrogen functional groups attached to an aromatic ring is 6. The van der Waals surface area contributed by atoms with E-state index in [1.54, 1.807) is 18.2 Å². The smallest absolute Gasteiger partial charge is 0.386 e. The Bertz CT molecular complexity index is 5750. The molecule has 0 bridgehead atoms. The van der Waals surface area contributed by atoms with Crippen LogP contribution in [0.25, 0.3) is 67.0 Å². The summed E-state index contributed by atoms with van der Waals surface area (Å²) < 4.78 is 261. The van der Waals surface area contributed by atoms with Crippen LogP contribution in [0.15, 0.2) is 93.7 Å². The number of pyridine rings is 3. The zero-order valence-corrected chi connectivity index (χ0v) is 72.6. The van der Waals surface area contributed by atoms with E-state index in [9.17, 15) is 28.0 Å². The average molecular weight is 2020 g/mol. The fraction of sp³-hybridized carbons (Fsp3) is 0.476. The first-order valence-corrected chi connectivity index (χ1v) is 49.0. The first-order chi connectivity index (χ1) is 62.8. The van der Waals surface area contributed by atoms with Crippen LogP contribution in [-0.2, 0) is 125 Å². The molecule has 12 aromatic rings. The zero-order chi connectivity index (χ0) is 92.9. The number of rotatable bonds is 6. The van der Waals surface area contributed by atoms with Crippen molar-refractivity contribution in [2.45, 2.75) is 148 Å². The lowest BCUT2D eigenvalue weighted by atomic mass is 10.1. The Balaban J connectivity index is 0.000000128. The molecule has 9 aliphatic rings. The average Bonchev–Trinajstić information content (AvgIpc) is 1.62. The van der Waals surface area contributed by atoms with Crippen LogP contribution in [0.4, 0.5) is 60.9 Å². The molecule has 9 fully saturated rings. The number of ether oxygens (including phenoxy) is 6. The number of halogens is 6. The van der Waals surface area contributed by atoms with Crippen molar-refractivity contribution < 1.29 is 137 Å². The Morgan fingerprint density at radius 2 is 0.545 bits per heavy atom. The Kier molecular flexibility index (Phi) is 25.2. The molecule has 6 unspecified atom stereocenters. The van der Waals surface area contributed by atoms with Crippen LogP contribution in [0.5, 0.6) is 0 Å². The van der Waals surface area contributed by atoms with E-state index in [0.717, 1.165) is 0 Å². The predicted molar refractivity (Wildman–Crippen MR) is 465 cm³/mol. The van der Waals surface area contributed by atoms with Crippen molar-refractivity contribution in [3.05, 3.63) is 93.7 Å². The van der Waals surface area contributed by atoms with E-state index in [4.69, 9.17) is 141 Å². The maximum Gasteiger partial charge on any atom is 0.386 e. The quantitative estimate of drug-likeness (QED) is 0.0498. The second kappa shape index (κ2) is 35.8. The van der Waals surface area contributed by atoms with Crippen LogP contribution in [0, 0.1) is 0 Å². The van der Waals surface area contributed by atoms with Gasteiger partial charge in [0.1, 0.15) is 148 Å². The molecule has 9 aliphatic heterocycles. The summed E-state index contributed by atoms with van der Waals surface area (Å²) in [6, 6.07) is 4.63. The number of imidazole rings is 6. The molecule has 21 heterocycles. The maximum atomic E-state index is 16.0.